The third kappa shape index (κ3) is 5.32. The number of carbonyl (C=O) groups is 2. The molecule has 0 bridgehead atoms. The van der Waals surface area contributed by atoms with Crippen LogP contribution < -0.4 is 10.2 Å². The van der Waals surface area contributed by atoms with Gasteiger partial charge in [0.15, 0.2) is 11.8 Å². The van der Waals surface area contributed by atoms with Gasteiger partial charge in [-0.3, -0.25) is 14.5 Å². The van der Waals surface area contributed by atoms with Crippen molar-refractivity contribution in [1.29, 1.82) is 0 Å². The van der Waals surface area contributed by atoms with E-state index in [1.165, 1.54) is 16.0 Å². The second-order valence-corrected chi connectivity index (χ2v) is 9.52. The average Bonchev–Trinajstić information content (AvgIpc) is 3.66. The molecule has 10 heteroatoms. The topological polar surface area (TPSA) is 119 Å². The third-order valence-corrected chi connectivity index (χ3v) is 6.59. The fourth-order valence-electron chi connectivity index (χ4n) is 4.82. The standard InChI is InChI=1S/C27H30N6O4/c1-17-10-12-21(18(2)15-17)33(24(34)16-32-30-26(29-31-32)23-13-11-19(3)37-23)25(22-9-6-14-36-22)27(35)28-20-7-4-5-8-20/h6,9-15,20,25H,4-5,7-8,16H2,1-3H3,(H,28,35)/t25-/m1/s1. The number of rotatable bonds is 8. The van der Waals surface area contributed by atoms with Crippen molar-refractivity contribution in [3.05, 3.63) is 71.4 Å². The van der Waals surface area contributed by atoms with E-state index in [2.05, 4.69) is 20.7 Å². The number of benzene rings is 1. The number of tetrazole rings is 1. The number of aryl methyl sites for hydroxylation is 3. The number of hydrogen-bond acceptors (Lipinski definition) is 7. The van der Waals surface area contributed by atoms with Gasteiger partial charge in [-0.05, 0) is 74.7 Å². The molecule has 1 aliphatic rings. The first-order valence-electron chi connectivity index (χ1n) is 12.5. The molecule has 5 rings (SSSR count). The lowest BCUT2D eigenvalue weighted by molar-refractivity contribution is -0.128. The molecule has 0 aliphatic heterocycles. The molecule has 10 nitrogen and oxygen atoms in total. The lowest BCUT2D eigenvalue weighted by Gasteiger charge is -2.31. The normalized spacial score (nSPS) is 14.6. The zero-order valence-corrected chi connectivity index (χ0v) is 21.2. The molecule has 3 heterocycles. The molecule has 192 valence electrons. The van der Waals surface area contributed by atoms with Crippen LogP contribution in [0.25, 0.3) is 11.6 Å². The van der Waals surface area contributed by atoms with Gasteiger partial charge in [-0.2, -0.15) is 4.80 Å². The third-order valence-electron chi connectivity index (χ3n) is 6.59. The van der Waals surface area contributed by atoms with E-state index in [9.17, 15) is 9.59 Å². The highest BCUT2D eigenvalue weighted by Gasteiger charge is 2.37. The number of nitrogens with one attached hydrogen (secondary N) is 1. The number of aromatic nitrogens is 4. The summed E-state index contributed by atoms with van der Waals surface area (Å²) in [6.07, 6.45) is 5.50. The quantitative estimate of drug-likeness (QED) is 0.382. The minimum atomic E-state index is -1.000. The molecule has 0 spiro atoms. The molecule has 1 fully saturated rings. The number of carbonyl (C=O) groups excluding carboxylic acids is 2. The van der Waals surface area contributed by atoms with Crippen molar-refractivity contribution in [3.63, 3.8) is 0 Å². The predicted octanol–water partition coefficient (Wildman–Crippen LogP) is 4.28. The van der Waals surface area contributed by atoms with Crippen LogP contribution in [0.3, 0.4) is 0 Å². The molecule has 2 amide bonds. The Hall–Kier alpha value is -4.21. The van der Waals surface area contributed by atoms with E-state index in [1.807, 2.05) is 39.0 Å². The second-order valence-electron chi connectivity index (χ2n) is 9.52. The first-order valence-corrected chi connectivity index (χ1v) is 12.5. The van der Waals surface area contributed by atoms with E-state index < -0.39 is 6.04 Å². The lowest BCUT2D eigenvalue weighted by Crippen LogP contribution is -2.47. The van der Waals surface area contributed by atoms with E-state index in [-0.39, 0.29) is 30.2 Å². The first-order chi connectivity index (χ1) is 17.9. The predicted molar refractivity (Wildman–Crippen MR) is 136 cm³/mol. The fraction of sp³-hybridized carbons (Fsp3) is 0.370. The summed E-state index contributed by atoms with van der Waals surface area (Å²) in [6, 6.07) is 11.8. The molecule has 1 atom stereocenters. The highest BCUT2D eigenvalue weighted by molar-refractivity contribution is 6.01. The largest absolute Gasteiger partial charge is 0.467 e. The Morgan fingerprint density at radius 3 is 2.62 bits per heavy atom. The Balaban J connectivity index is 1.50. The van der Waals surface area contributed by atoms with Crippen molar-refractivity contribution in [2.75, 3.05) is 4.90 Å². The fourth-order valence-corrected chi connectivity index (χ4v) is 4.82. The molecule has 1 aromatic carbocycles. The summed E-state index contributed by atoms with van der Waals surface area (Å²) in [4.78, 5) is 30.3. The van der Waals surface area contributed by atoms with Gasteiger partial charge in [0.1, 0.15) is 18.1 Å². The van der Waals surface area contributed by atoms with Gasteiger partial charge in [-0.15, -0.1) is 10.2 Å². The molecular formula is C27H30N6O4. The number of nitrogens with zero attached hydrogens (tertiary/aromatic N) is 5. The van der Waals surface area contributed by atoms with Crippen molar-refractivity contribution in [3.8, 4) is 11.6 Å². The summed E-state index contributed by atoms with van der Waals surface area (Å²) in [5.74, 6) is 1.18. The molecule has 1 aliphatic carbocycles. The summed E-state index contributed by atoms with van der Waals surface area (Å²) < 4.78 is 11.3. The van der Waals surface area contributed by atoms with Gasteiger partial charge in [0.25, 0.3) is 11.8 Å². The van der Waals surface area contributed by atoms with Gasteiger partial charge in [0, 0.05) is 11.7 Å². The summed E-state index contributed by atoms with van der Waals surface area (Å²) in [5.41, 5.74) is 2.52. The van der Waals surface area contributed by atoms with Gasteiger partial charge in [0.05, 0.1) is 6.26 Å². The number of hydrogen-bond donors (Lipinski definition) is 1. The maximum Gasteiger partial charge on any atom is 0.251 e. The minimum absolute atomic E-state index is 0.0809. The molecule has 1 N–H and O–H groups in total. The molecule has 0 saturated heterocycles. The molecule has 1 saturated carbocycles. The summed E-state index contributed by atoms with van der Waals surface area (Å²) in [6.45, 7) is 5.50. The van der Waals surface area contributed by atoms with Crippen molar-refractivity contribution in [1.82, 2.24) is 25.5 Å². The number of furan rings is 2. The first kappa shape index (κ1) is 24.5. The van der Waals surface area contributed by atoms with E-state index in [1.54, 1.807) is 24.3 Å². The van der Waals surface area contributed by atoms with E-state index in [0.717, 1.165) is 42.6 Å². The molecule has 0 unspecified atom stereocenters. The van der Waals surface area contributed by atoms with Crippen LogP contribution in [0.2, 0.25) is 0 Å². The molecular weight excluding hydrogens is 472 g/mol. The van der Waals surface area contributed by atoms with Gasteiger partial charge in [0.2, 0.25) is 5.82 Å². The van der Waals surface area contributed by atoms with Crippen molar-refractivity contribution in [2.45, 2.75) is 65.1 Å². The SMILES string of the molecule is Cc1ccc(N(C(=O)Cn2nnc(-c3ccc(C)o3)n2)[C@@H](C(=O)NC2CCCC2)c2ccco2)c(C)c1. The summed E-state index contributed by atoms with van der Waals surface area (Å²) in [5, 5.41) is 15.5. The van der Waals surface area contributed by atoms with Crippen LogP contribution in [0.1, 0.15) is 54.4 Å². The Kier molecular flexibility index (Phi) is 6.89. The van der Waals surface area contributed by atoms with Crippen molar-refractivity contribution in [2.24, 2.45) is 0 Å². The zero-order valence-electron chi connectivity index (χ0n) is 21.2. The van der Waals surface area contributed by atoms with Crippen LogP contribution in [0, 0.1) is 20.8 Å². The Labute approximate surface area is 214 Å². The molecule has 37 heavy (non-hydrogen) atoms. The van der Waals surface area contributed by atoms with Crippen molar-refractivity contribution < 1.29 is 18.4 Å². The van der Waals surface area contributed by atoms with Crippen LogP contribution in [0.5, 0.6) is 0 Å². The Morgan fingerprint density at radius 2 is 1.95 bits per heavy atom. The second kappa shape index (κ2) is 10.4. The van der Waals surface area contributed by atoms with Gasteiger partial charge >= 0.3 is 0 Å². The van der Waals surface area contributed by atoms with Crippen LogP contribution >= 0.6 is 0 Å². The van der Waals surface area contributed by atoms with Crippen LogP contribution in [0.15, 0.2) is 57.6 Å². The maximum absolute atomic E-state index is 13.9. The van der Waals surface area contributed by atoms with Gasteiger partial charge in [-0.1, -0.05) is 30.5 Å². The smallest absolute Gasteiger partial charge is 0.251 e. The maximum atomic E-state index is 13.9. The van der Waals surface area contributed by atoms with E-state index >= 15 is 0 Å². The van der Waals surface area contributed by atoms with E-state index in [4.69, 9.17) is 8.83 Å². The lowest BCUT2D eigenvalue weighted by atomic mass is 10.0. The summed E-state index contributed by atoms with van der Waals surface area (Å²) in [7, 11) is 0. The van der Waals surface area contributed by atoms with Crippen LogP contribution in [-0.2, 0) is 16.1 Å². The monoisotopic (exact) mass is 502 g/mol. The summed E-state index contributed by atoms with van der Waals surface area (Å²) >= 11 is 0. The van der Waals surface area contributed by atoms with Crippen LogP contribution in [-0.4, -0.2) is 38.1 Å². The number of anilines is 1. The Morgan fingerprint density at radius 1 is 1.14 bits per heavy atom. The minimum Gasteiger partial charge on any atom is -0.467 e. The van der Waals surface area contributed by atoms with E-state index in [0.29, 0.717) is 17.2 Å². The van der Waals surface area contributed by atoms with Gasteiger partial charge in [-0.25, -0.2) is 0 Å². The van der Waals surface area contributed by atoms with Crippen LogP contribution in [0.4, 0.5) is 5.69 Å². The Bertz CT molecular complexity index is 1380. The highest BCUT2D eigenvalue weighted by atomic mass is 16.3. The van der Waals surface area contributed by atoms with Gasteiger partial charge < -0.3 is 14.2 Å². The number of amides is 2. The molecule has 3 aromatic heterocycles. The molecule has 4 aromatic rings. The zero-order chi connectivity index (χ0) is 25.9. The van der Waals surface area contributed by atoms with Crippen molar-refractivity contribution >= 4 is 17.5 Å². The molecule has 0 radical (unpaired) electrons. The highest BCUT2D eigenvalue weighted by Crippen LogP contribution is 2.32. The average molecular weight is 503 g/mol.